The van der Waals surface area contributed by atoms with Gasteiger partial charge in [-0.15, -0.1) is 0 Å². The van der Waals surface area contributed by atoms with Crippen LogP contribution in [0.3, 0.4) is 0 Å². The van der Waals surface area contributed by atoms with Crippen molar-refractivity contribution >= 4 is 6.09 Å². The molecule has 146 valence electrons. The smallest absolute Gasteiger partial charge is 0.407 e. The van der Waals surface area contributed by atoms with E-state index in [9.17, 15) is 19.6 Å². The zero-order valence-electron chi connectivity index (χ0n) is 15.9. The van der Waals surface area contributed by atoms with Crippen LogP contribution in [0.2, 0.25) is 0 Å². The summed E-state index contributed by atoms with van der Waals surface area (Å²) in [6, 6.07) is 12.5. The number of halogens is 1. The maximum Gasteiger partial charge on any atom is 0.407 e. The molecule has 1 heterocycles. The fourth-order valence-corrected chi connectivity index (χ4v) is 4.68. The van der Waals surface area contributed by atoms with E-state index >= 15 is 0 Å². The second kappa shape index (κ2) is 8.26. The van der Waals surface area contributed by atoms with Crippen molar-refractivity contribution in [1.82, 2.24) is 9.80 Å². The van der Waals surface area contributed by atoms with E-state index in [4.69, 9.17) is 0 Å². The van der Waals surface area contributed by atoms with E-state index < -0.39 is 17.7 Å². The first-order valence-corrected chi connectivity index (χ1v) is 9.83. The van der Waals surface area contributed by atoms with E-state index in [1.54, 1.807) is 0 Å². The van der Waals surface area contributed by atoms with Crippen molar-refractivity contribution in [1.29, 1.82) is 5.26 Å². The second-order valence-corrected chi connectivity index (χ2v) is 7.84. The number of nitriles is 1. The molecule has 1 aromatic carbocycles. The highest BCUT2D eigenvalue weighted by molar-refractivity contribution is 5.65. The molecular formula is C21H28FN3O2. The highest BCUT2D eigenvalue weighted by atomic mass is 19.1. The van der Waals surface area contributed by atoms with Gasteiger partial charge in [0.2, 0.25) is 0 Å². The number of hydrogen-bond acceptors (Lipinski definition) is 3. The summed E-state index contributed by atoms with van der Waals surface area (Å²) in [5, 5.41) is 19.3. The van der Waals surface area contributed by atoms with Gasteiger partial charge in [-0.3, -0.25) is 4.90 Å². The predicted molar refractivity (Wildman–Crippen MR) is 101 cm³/mol. The molecule has 2 unspecified atom stereocenters. The van der Waals surface area contributed by atoms with Crippen LogP contribution in [-0.4, -0.2) is 58.9 Å². The van der Waals surface area contributed by atoms with Crippen molar-refractivity contribution < 1.29 is 14.3 Å². The van der Waals surface area contributed by atoms with Gasteiger partial charge in [-0.25, -0.2) is 9.18 Å². The molecule has 3 rings (SSSR count). The highest BCUT2D eigenvalue weighted by Gasteiger charge is 2.41. The van der Waals surface area contributed by atoms with Crippen LogP contribution in [0.1, 0.15) is 44.6 Å². The first-order valence-electron chi connectivity index (χ1n) is 9.83. The maximum atomic E-state index is 14.5. The third kappa shape index (κ3) is 4.08. The number of benzene rings is 1. The minimum absolute atomic E-state index is 0.0524. The quantitative estimate of drug-likeness (QED) is 0.875. The van der Waals surface area contributed by atoms with E-state index in [2.05, 4.69) is 11.0 Å². The zero-order valence-corrected chi connectivity index (χ0v) is 15.9. The lowest BCUT2D eigenvalue weighted by Crippen LogP contribution is -2.48. The number of carboxylic acid groups (broad SMARTS) is 1. The Morgan fingerprint density at radius 1 is 1.26 bits per heavy atom. The minimum Gasteiger partial charge on any atom is -0.465 e. The van der Waals surface area contributed by atoms with Crippen molar-refractivity contribution in [2.45, 2.75) is 62.7 Å². The van der Waals surface area contributed by atoms with Crippen LogP contribution in [0.15, 0.2) is 30.3 Å². The van der Waals surface area contributed by atoms with Crippen LogP contribution in [0.4, 0.5) is 9.18 Å². The largest absolute Gasteiger partial charge is 0.465 e. The van der Waals surface area contributed by atoms with E-state index in [0.29, 0.717) is 13.0 Å². The summed E-state index contributed by atoms with van der Waals surface area (Å²) >= 11 is 0. The molecule has 2 fully saturated rings. The second-order valence-electron chi connectivity index (χ2n) is 7.84. The van der Waals surface area contributed by atoms with Gasteiger partial charge < -0.3 is 10.0 Å². The Kier molecular flexibility index (Phi) is 6.01. The monoisotopic (exact) mass is 373 g/mol. The van der Waals surface area contributed by atoms with E-state index in [-0.39, 0.29) is 25.2 Å². The Morgan fingerprint density at radius 3 is 2.48 bits per heavy atom. The summed E-state index contributed by atoms with van der Waals surface area (Å²) in [5.74, 6) is 0. The lowest BCUT2D eigenvalue weighted by Gasteiger charge is -2.41. The van der Waals surface area contributed by atoms with E-state index in [0.717, 1.165) is 31.2 Å². The molecule has 0 aromatic heterocycles. The normalized spacial score (nSPS) is 32.5. The minimum atomic E-state index is -1.17. The van der Waals surface area contributed by atoms with Crippen molar-refractivity contribution in [3.63, 3.8) is 0 Å². The number of amides is 1. The van der Waals surface area contributed by atoms with Crippen molar-refractivity contribution in [3.8, 4) is 6.07 Å². The van der Waals surface area contributed by atoms with Crippen LogP contribution >= 0.6 is 0 Å². The summed E-state index contributed by atoms with van der Waals surface area (Å²) < 4.78 is 14.5. The van der Waals surface area contributed by atoms with Gasteiger partial charge in [-0.2, -0.15) is 5.26 Å². The molecule has 1 N–H and O–H groups in total. The molecule has 0 radical (unpaired) electrons. The molecular weight excluding hydrogens is 345 g/mol. The molecule has 0 spiro atoms. The number of alkyl halides is 1. The summed E-state index contributed by atoms with van der Waals surface area (Å²) in [5.41, 5.74) is 0.601. The molecule has 1 aliphatic heterocycles. The van der Waals surface area contributed by atoms with Crippen molar-refractivity contribution in [3.05, 3.63) is 35.9 Å². The van der Waals surface area contributed by atoms with Gasteiger partial charge in [0.25, 0.3) is 0 Å². The van der Waals surface area contributed by atoms with E-state index in [1.165, 1.54) is 4.90 Å². The van der Waals surface area contributed by atoms with Gasteiger partial charge in [0.05, 0.1) is 18.0 Å². The Balaban J connectivity index is 1.71. The Bertz CT molecular complexity index is 682. The van der Waals surface area contributed by atoms with Crippen LogP contribution < -0.4 is 0 Å². The van der Waals surface area contributed by atoms with Crippen LogP contribution in [-0.2, 0) is 5.41 Å². The lowest BCUT2D eigenvalue weighted by atomic mass is 9.69. The van der Waals surface area contributed by atoms with Gasteiger partial charge in [0, 0.05) is 25.2 Å². The summed E-state index contributed by atoms with van der Waals surface area (Å²) in [6.45, 7) is 2.74. The molecule has 1 saturated heterocycles. The van der Waals surface area contributed by atoms with Crippen LogP contribution in [0, 0.1) is 11.3 Å². The molecule has 5 nitrogen and oxygen atoms in total. The van der Waals surface area contributed by atoms with Gasteiger partial charge in [0.1, 0.15) is 6.17 Å². The third-order valence-corrected chi connectivity index (χ3v) is 6.30. The van der Waals surface area contributed by atoms with Crippen molar-refractivity contribution in [2.75, 3.05) is 19.6 Å². The first kappa shape index (κ1) is 19.6. The zero-order chi connectivity index (χ0) is 19.4. The van der Waals surface area contributed by atoms with Gasteiger partial charge in [-0.05, 0) is 37.7 Å². The maximum absolute atomic E-state index is 14.5. The Hall–Kier alpha value is -2.13. The van der Waals surface area contributed by atoms with Crippen LogP contribution in [0.5, 0.6) is 0 Å². The molecule has 6 heteroatoms. The topological polar surface area (TPSA) is 67.6 Å². The Morgan fingerprint density at radius 2 is 1.93 bits per heavy atom. The lowest BCUT2D eigenvalue weighted by molar-refractivity contribution is 0.101. The molecule has 0 bridgehead atoms. The summed E-state index contributed by atoms with van der Waals surface area (Å²) in [4.78, 5) is 14.9. The standard InChI is InChI=1S/C21H28FN3O2/c1-2-18-14-24(12-17(22)13-25(18)20(26)27)19-8-10-21(15-23,11-9-19)16-6-4-3-5-7-16/h3-7,17-19H,2,8-14H2,1H3,(H,26,27). The molecule has 1 amide bonds. The molecule has 1 saturated carbocycles. The number of hydrogen-bond donors (Lipinski definition) is 1. The number of nitrogens with zero attached hydrogens (tertiary/aromatic N) is 3. The van der Waals surface area contributed by atoms with Gasteiger partial charge in [-0.1, -0.05) is 37.3 Å². The summed E-state index contributed by atoms with van der Waals surface area (Å²) in [6.07, 6.45) is 1.64. The predicted octanol–water partition coefficient (Wildman–Crippen LogP) is 3.80. The third-order valence-electron chi connectivity index (χ3n) is 6.30. The van der Waals surface area contributed by atoms with Gasteiger partial charge >= 0.3 is 6.09 Å². The van der Waals surface area contributed by atoms with Crippen LogP contribution in [0.25, 0.3) is 0 Å². The highest BCUT2D eigenvalue weighted by Crippen LogP contribution is 2.40. The fourth-order valence-electron chi connectivity index (χ4n) is 4.68. The molecule has 1 aliphatic carbocycles. The van der Waals surface area contributed by atoms with Gasteiger partial charge in [0.15, 0.2) is 0 Å². The fraction of sp³-hybridized carbons (Fsp3) is 0.619. The van der Waals surface area contributed by atoms with E-state index in [1.807, 2.05) is 37.3 Å². The molecule has 27 heavy (non-hydrogen) atoms. The average molecular weight is 373 g/mol. The Labute approximate surface area is 160 Å². The van der Waals surface area contributed by atoms with Crippen molar-refractivity contribution in [2.24, 2.45) is 0 Å². The molecule has 2 atom stereocenters. The SMILES string of the molecule is CCC1CN(C2CCC(C#N)(c3ccccc3)CC2)CC(F)CN1C(=O)O. The number of rotatable bonds is 3. The average Bonchev–Trinajstić information content (AvgIpc) is 2.87. The molecule has 1 aromatic rings. The molecule has 2 aliphatic rings. The summed E-state index contributed by atoms with van der Waals surface area (Å²) in [7, 11) is 0. The first-order chi connectivity index (χ1) is 13.0. The number of carbonyl (C=O) groups is 1.